The minimum Gasteiger partial charge on any atom is -0.492 e. The molecule has 164 valence electrons. The van der Waals surface area contributed by atoms with E-state index in [1.807, 2.05) is 42.3 Å². The van der Waals surface area contributed by atoms with Crippen molar-refractivity contribution >= 4 is 35.6 Å². The molecule has 5 nitrogen and oxygen atoms in total. The molecule has 1 fully saturated rings. The first-order valence-electron chi connectivity index (χ1n) is 9.86. The number of hydrogen-bond donors (Lipinski definition) is 1. The predicted octanol–water partition coefficient (Wildman–Crippen LogP) is 4.00. The number of rotatable bonds is 7. The fraction of sp³-hybridized carbons (Fsp3) is 0.409. The van der Waals surface area contributed by atoms with E-state index in [0.29, 0.717) is 19.1 Å². The second-order valence-electron chi connectivity index (χ2n) is 7.21. The number of para-hydroxylation sites is 1. The molecular weight excluding hydrogens is 501 g/mol. The van der Waals surface area contributed by atoms with Crippen molar-refractivity contribution in [2.45, 2.75) is 6.42 Å². The molecule has 0 radical (unpaired) electrons. The summed E-state index contributed by atoms with van der Waals surface area (Å²) < 4.78 is 32.4. The first kappa shape index (κ1) is 24.2. The molecule has 1 N–H and O–H groups in total. The number of hydrogen-bond acceptors (Lipinski definition) is 3. The summed E-state index contributed by atoms with van der Waals surface area (Å²) >= 11 is 0. The summed E-state index contributed by atoms with van der Waals surface area (Å²) in [6.45, 7) is 3.68. The van der Waals surface area contributed by atoms with Gasteiger partial charge in [0, 0.05) is 45.5 Å². The fourth-order valence-corrected chi connectivity index (χ4v) is 3.46. The molecule has 0 spiro atoms. The lowest BCUT2D eigenvalue weighted by Crippen LogP contribution is -2.43. The molecule has 1 unspecified atom stereocenters. The molecule has 2 aromatic carbocycles. The largest absolute Gasteiger partial charge is 0.492 e. The second kappa shape index (κ2) is 11.9. The highest BCUT2D eigenvalue weighted by molar-refractivity contribution is 14.0. The van der Waals surface area contributed by atoms with Crippen molar-refractivity contribution < 1.29 is 13.5 Å². The Morgan fingerprint density at radius 2 is 1.97 bits per heavy atom. The highest BCUT2D eigenvalue weighted by Crippen LogP contribution is 2.25. The van der Waals surface area contributed by atoms with Crippen LogP contribution in [0.1, 0.15) is 6.42 Å². The third kappa shape index (κ3) is 6.72. The van der Waals surface area contributed by atoms with E-state index in [0.717, 1.165) is 43.5 Å². The van der Waals surface area contributed by atoms with Gasteiger partial charge in [0.05, 0.1) is 6.54 Å². The molecule has 1 atom stereocenters. The number of ether oxygens (including phenoxy) is 1. The summed E-state index contributed by atoms with van der Waals surface area (Å²) in [5.41, 5.74) is 0.728. The highest BCUT2D eigenvalue weighted by atomic mass is 127. The van der Waals surface area contributed by atoms with Crippen molar-refractivity contribution in [2.75, 3.05) is 51.8 Å². The number of nitrogens with one attached hydrogen (secondary N) is 1. The molecule has 1 aliphatic heterocycles. The lowest BCUT2D eigenvalue weighted by atomic mass is 10.1. The zero-order valence-electron chi connectivity index (χ0n) is 17.4. The Kier molecular flexibility index (Phi) is 9.61. The fourth-order valence-electron chi connectivity index (χ4n) is 3.46. The molecule has 8 heteroatoms. The number of nitrogens with zero attached hydrogens (tertiary/aromatic N) is 3. The Balaban J connectivity index is 0.00000320. The normalized spacial score (nSPS) is 16.2. The molecule has 0 aliphatic carbocycles. The van der Waals surface area contributed by atoms with E-state index in [4.69, 9.17) is 4.74 Å². The van der Waals surface area contributed by atoms with Crippen molar-refractivity contribution in [1.82, 2.24) is 10.2 Å². The molecule has 1 aliphatic rings. The maximum absolute atomic E-state index is 13.5. The number of aliphatic imine (C=N–C) groups is 1. The van der Waals surface area contributed by atoms with Gasteiger partial charge < -0.3 is 19.9 Å². The number of benzene rings is 2. The Morgan fingerprint density at radius 1 is 1.20 bits per heavy atom. The van der Waals surface area contributed by atoms with E-state index < -0.39 is 11.6 Å². The zero-order chi connectivity index (χ0) is 20.6. The smallest absolute Gasteiger partial charge is 0.193 e. The van der Waals surface area contributed by atoms with Crippen LogP contribution in [0, 0.1) is 17.6 Å². The van der Waals surface area contributed by atoms with Crippen molar-refractivity contribution in [3.63, 3.8) is 0 Å². The minimum atomic E-state index is -0.811. The van der Waals surface area contributed by atoms with Crippen LogP contribution in [0.3, 0.4) is 0 Å². The summed E-state index contributed by atoms with van der Waals surface area (Å²) in [6, 6.07) is 13.8. The van der Waals surface area contributed by atoms with E-state index in [1.165, 1.54) is 12.1 Å². The van der Waals surface area contributed by atoms with Crippen LogP contribution in [-0.4, -0.2) is 57.7 Å². The van der Waals surface area contributed by atoms with Crippen LogP contribution in [0.4, 0.5) is 14.5 Å². The summed E-state index contributed by atoms with van der Waals surface area (Å²) in [5, 5.41) is 3.41. The van der Waals surface area contributed by atoms with Gasteiger partial charge in [0.15, 0.2) is 17.6 Å². The Morgan fingerprint density at radius 3 is 2.67 bits per heavy atom. The monoisotopic (exact) mass is 530 g/mol. The van der Waals surface area contributed by atoms with Crippen LogP contribution in [0.2, 0.25) is 0 Å². The molecule has 0 aromatic heterocycles. The van der Waals surface area contributed by atoms with E-state index in [9.17, 15) is 8.78 Å². The number of guanidine groups is 1. The van der Waals surface area contributed by atoms with Crippen molar-refractivity contribution in [1.29, 1.82) is 0 Å². The van der Waals surface area contributed by atoms with Crippen LogP contribution in [0.25, 0.3) is 0 Å². The molecule has 2 aromatic rings. The molecule has 1 heterocycles. The Hall–Kier alpha value is -2.10. The van der Waals surface area contributed by atoms with E-state index in [1.54, 1.807) is 13.1 Å². The second-order valence-corrected chi connectivity index (χ2v) is 7.21. The maximum atomic E-state index is 13.5. The van der Waals surface area contributed by atoms with Gasteiger partial charge in [-0.3, -0.25) is 4.99 Å². The van der Waals surface area contributed by atoms with Crippen LogP contribution >= 0.6 is 24.0 Å². The number of anilines is 1. The van der Waals surface area contributed by atoms with E-state index in [-0.39, 0.29) is 24.0 Å². The topological polar surface area (TPSA) is 40.1 Å². The highest BCUT2D eigenvalue weighted by Gasteiger charge is 2.24. The van der Waals surface area contributed by atoms with Crippen LogP contribution in [0.15, 0.2) is 53.5 Å². The summed E-state index contributed by atoms with van der Waals surface area (Å²) in [7, 11) is 3.74. The molecule has 0 saturated carbocycles. The van der Waals surface area contributed by atoms with E-state index in [2.05, 4.69) is 15.2 Å². The zero-order valence-corrected chi connectivity index (χ0v) is 19.7. The SMILES string of the molecule is CN=C(NCC1CCN(c2ccc(F)c(F)c2)C1)N(C)CCOc1ccccc1.I. The first-order chi connectivity index (χ1) is 14.1. The summed E-state index contributed by atoms with van der Waals surface area (Å²) in [4.78, 5) is 8.47. The molecular formula is C22H29F2IN4O. The first-order valence-corrected chi connectivity index (χ1v) is 9.86. The Bertz CT molecular complexity index is 822. The van der Waals surface area contributed by atoms with Gasteiger partial charge in [-0.2, -0.15) is 0 Å². The molecule has 30 heavy (non-hydrogen) atoms. The standard InChI is InChI=1S/C22H28F2N4O.HI/c1-25-22(27(2)12-13-29-19-6-4-3-5-7-19)26-15-17-10-11-28(16-17)18-8-9-20(23)21(24)14-18;/h3-9,14,17H,10-13,15-16H2,1-2H3,(H,25,26);1H. The predicted molar refractivity (Wildman–Crippen MR) is 128 cm³/mol. The van der Waals surface area contributed by atoms with Gasteiger partial charge in [-0.25, -0.2) is 8.78 Å². The Labute approximate surface area is 194 Å². The lowest BCUT2D eigenvalue weighted by Gasteiger charge is -2.24. The average molecular weight is 530 g/mol. The average Bonchev–Trinajstić information content (AvgIpc) is 3.20. The molecule has 1 saturated heterocycles. The van der Waals surface area contributed by atoms with E-state index >= 15 is 0 Å². The third-order valence-corrected chi connectivity index (χ3v) is 5.12. The summed E-state index contributed by atoms with van der Waals surface area (Å²) in [6.07, 6.45) is 0.990. The van der Waals surface area contributed by atoms with Crippen molar-refractivity contribution in [3.05, 3.63) is 60.2 Å². The molecule has 3 rings (SSSR count). The van der Waals surface area contributed by atoms with Gasteiger partial charge in [0.1, 0.15) is 12.4 Å². The minimum absolute atomic E-state index is 0. The van der Waals surface area contributed by atoms with Gasteiger partial charge in [0.25, 0.3) is 0 Å². The van der Waals surface area contributed by atoms with Crippen LogP contribution < -0.4 is 15.0 Å². The number of halogens is 3. The quantitative estimate of drug-likeness (QED) is 0.334. The number of likely N-dealkylation sites (N-methyl/N-ethyl adjacent to an activating group) is 1. The van der Waals surface area contributed by atoms with Crippen molar-refractivity contribution in [3.8, 4) is 5.75 Å². The lowest BCUT2D eigenvalue weighted by molar-refractivity contribution is 0.281. The van der Waals surface area contributed by atoms with Crippen molar-refractivity contribution in [2.24, 2.45) is 10.9 Å². The van der Waals surface area contributed by atoms with Gasteiger partial charge >= 0.3 is 0 Å². The van der Waals surface area contributed by atoms with Crippen LogP contribution in [0.5, 0.6) is 5.75 Å². The maximum Gasteiger partial charge on any atom is 0.193 e. The molecule has 0 amide bonds. The van der Waals surface area contributed by atoms with Gasteiger partial charge in [0.2, 0.25) is 0 Å². The van der Waals surface area contributed by atoms with Gasteiger partial charge in [-0.05, 0) is 36.6 Å². The van der Waals surface area contributed by atoms with Gasteiger partial charge in [-0.15, -0.1) is 24.0 Å². The van der Waals surface area contributed by atoms with Gasteiger partial charge in [-0.1, -0.05) is 18.2 Å². The van der Waals surface area contributed by atoms with Crippen LogP contribution in [-0.2, 0) is 0 Å². The molecule has 0 bridgehead atoms. The third-order valence-electron chi connectivity index (χ3n) is 5.12. The summed E-state index contributed by atoms with van der Waals surface area (Å²) in [5.74, 6) is 0.465.